The van der Waals surface area contributed by atoms with Crippen LogP contribution in [0.2, 0.25) is 10.2 Å². The summed E-state index contributed by atoms with van der Waals surface area (Å²) in [6, 6.07) is 5.25. The van der Waals surface area contributed by atoms with Crippen LogP contribution in [0.15, 0.2) is 34.9 Å². The van der Waals surface area contributed by atoms with Gasteiger partial charge in [-0.3, -0.25) is 4.79 Å². The van der Waals surface area contributed by atoms with Crippen LogP contribution in [0.4, 0.5) is 10.1 Å². The van der Waals surface area contributed by atoms with Crippen LogP contribution in [-0.2, 0) is 0 Å². The molecule has 0 unspecified atom stereocenters. The van der Waals surface area contributed by atoms with Crippen LogP contribution in [0.5, 0.6) is 0 Å². The molecule has 1 aromatic carbocycles. The Morgan fingerprint density at radius 3 is 2.71 bits per heavy atom. The number of hydrogen-bond donors (Lipinski definition) is 1. The minimum Gasteiger partial charge on any atom is -0.452 e. The summed E-state index contributed by atoms with van der Waals surface area (Å²) >= 11 is 11.3. The molecular formula is C11H6Cl2FNO2. The molecule has 0 spiro atoms. The van der Waals surface area contributed by atoms with Crippen LogP contribution in [-0.4, -0.2) is 5.91 Å². The maximum atomic E-state index is 13.3. The molecule has 2 aromatic rings. The van der Waals surface area contributed by atoms with Gasteiger partial charge in [0.1, 0.15) is 5.82 Å². The van der Waals surface area contributed by atoms with E-state index in [0.717, 1.165) is 6.07 Å². The quantitative estimate of drug-likeness (QED) is 0.900. The van der Waals surface area contributed by atoms with Gasteiger partial charge >= 0.3 is 0 Å². The molecule has 0 saturated heterocycles. The molecule has 0 radical (unpaired) electrons. The fourth-order valence-electron chi connectivity index (χ4n) is 1.24. The van der Waals surface area contributed by atoms with Gasteiger partial charge in [0.25, 0.3) is 5.91 Å². The Morgan fingerprint density at radius 2 is 2.06 bits per heavy atom. The zero-order chi connectivity index (χ0) is 12.4. The highest BCUT2D eigenvalue weighted by Crippen LogP contribution is 2.22. The molecule has 88 valence electrons. The minimum atomic E-state index is -0.581. The van der Waals surface area contributed by atoms with E-state index in [2.05, 4.69) is 5.32 Å². The first kappa shape index (κ1) is 12.0. The van der Waals surface area contributed by atoms with E-state index < -0.39 is 11.7 Å². The average Bonchev–Trinajstić information content (AvgIpc) is 2.70. The van der Waals surface area contributed by atoms with Crippen molar-refractivity contribution >= 4 is 34.8 Å². The summed E-state index contributed by atoms with van der Waals surface area (Å²) in [5, 5.41) is 2.62. The van der Waals surface area contributed by atoms with Gasteiger partial charge in [-0.1, -0.05) is 11.6 Å². The van der Waals surface area contributed by atoms with E-state index in [1.54, 1.807) is 0 Å². The molecule has 0 aliphatic carbocycles. The Bertz CT molecular complexity index is 568. The second-order valence-electron chi connectivity index (χ2n) is 3.19. The SMILES string of the molecule is O=C(Nc1cc(Cl)ccc1F)c1ccoc1Cl. The molecule has 0 bridgehead atoms. The first-order chi connectivity index (χ1) is 8.08. The van der Waals surface area contributed by atoms with Gasteiger partial charge in [-0.05, 0) is 35.9 Å². The number of furan rings is 1. The smallest absolute Gasteiger partial charge is 0.260 e. The number of hydrogen-bond acceptors (Lipinski definition) is 2. The first-order valence-corrected chi connectivity index (χ1v) is 5.33. The van der Waals surface area contributed by atoms with Crippen LogP contribution in [0, 0.1) is 5.82 Å². The molecule has 0 fully saturated rings. The lowest BCUT2D eigenvalue weighted by atomic mass is 10.2. The Morgan fingerprint density at radius 1 is 1.29 bits per heavy atom. The summed E-state index contributed by atoms with van der Waals surface area (Å²) in [5.41, 5.74) is 0.116. The molecular weight excluding hydrogens is 268 g/mol. The Hall–Kier alpha value is -1.52. The third-order valence-electron chi connectivity index (χ3n) is 2.04. The highest BCUT2D eigenvalue weighted by Gasteiger charge is 2.14. The highest BCUT2D eigenvalue weighted by atomic mass is 35.5. The monoisotopic (exact) mass is 273 g/mol. The number of benzene rings is 1. The van der Waals surface area contributed by atoms with Crippen molar-refractivity contribution in [1.82, 2.24) is 0 Å². The van der Waals surface area contributed by atoms with Crippen LogP contribution in [0.1, 0.15) is 10.4 Å². The van der Waals surface area contributed by atoms with Gasteiger partial charge in [0.15, 0.2) is 0 Å². The highest BCUT2D eigenvalue weighted by molar-refractivity contribution is 6.33. The minimum absolute atomic E-state index is 0.0141. The number of nitrogens with one attached hydrogen (secondary N) is 1. The topological polar surface area (TPSA) is 42.2 Å². The van der Waals surface area contributed by atoms with Crippen molar-refractivity contribution in [1.29, 1.82) is 0 Å². The molecule has 0 saturated carbocycles. The number of carbonyl (C=O) groups is 1. The summed E-state index contributed by atoms with van der Waals surface area (Å²) in [6.07, 6.45) is 1.27. The third kappa shape index (κ3) is 2.60. The molecule has 3 nitrogen and oxygen atoms in total. The number of anilines is 1. The summed E-state index contributed by atoms with van der Waals surface area (Å²) in [6.45, 7) is 0. The van der Waals surface area contributed by atoms with Crippen molar-refractivity contribution in [3.05, 3.63) is 52.2 Å². The second kappa shape index (κ2) is 4.77. The van der Waals surface area contributed by atoms with Crippen molar-refractivity contribution in [3.63, 3.8) is 0 Å². The van der Waals surface area contributed by atoms with E-state index in [1.807, 2.05) is 0 Å². The fourth-order valence-corrected chi connectivity index (χ4v) is 1.61. The predicted octanol–water partition coefficient (Wildman–Crippen LogP) is 3.98. The molecule has 1 amide bonds. The van der Waals surface area contributed by atoms with Gasteiger partial charge in [0.05, 0.1) is 17.5 Å². The van der Waals surface area contributed by atoms with Crippen molar-refractivity contribution in [2.45, 2.75) is 0 Å². The lowest BCUT2D eigenvalue weighted by molar-refractivity contribution is 0.102. The molecule has 6 heteroatoms. The summed E-state index contributed by atoms with van der Waals surface area (Å²) in [7, 11) is 0. The van der Waals surface area contributed by atoms with E-state index >= 15 is 0 Å². The number of amides is 1. The van der Waals surface area contributed by atoms with E-state index in [4.69, 9.17) is 27.6 Å². The van der Waals surface area contributed by atoms with Crippen LogP contribution < -0.4 is 5.32 Å². The third-order valence-corrected chi connectivity index (χ3v) is 2.57. The maximum Gasteiger partial charge on any atom is 0.260 e. The first-order valence-electron chi connectivity index (χ1n) is 4.57. The number of halogens is 3. The van der Waals surface area contributed by atoms with Crippen LogP contribution in [0.3, 0.4) is 0 Å². The molecule has 1 heterocycles. The van der Waals surface area contributed by atoms with Gasteiger partial charge in [0.2, 0.25) is 5.22 Å². The van der Waals surface area contributed by atoms with Crippen molar-refractivity contribution in [2.24, 2.45) is 0 Å². The van der Waals surface area contributed by atoms with Gasteiger partial charge in [-0.15, -0.1) is 0 Å². The van der Waals surface area contributed by atoms with E-state index in [-0.39, 0.29) is 16.5 Å². The largest absolute Gasteiger partial charge is 0.452 e. The predicted molar refractivity (Wildman–Crippen MR) is 63.1 cm³/mol. The summed E-state index contributed by atoms with van der Waals surface area (Å²) in [4.78, 5) is 11.7. The van der Waals surface area contributed by atoms with Crippen LogP contribution >= 0.6 is 23.2 Å². The van der Waals surface area contributed by atoms with Gasteiger partial charge in [-0.2, -0.15) is 0 Å². The summed E-state index contributed by atoms with van der Waals surface area (Å²) in [5.74, 6) is -1.15. The number of rotatable bonds is 2. The molecule has 1 N–H and O–H groups in total. The Balaban J connectivity index is 2.24. The number of carbonyl (C=O) groups excluding carboxylic acids is 1. The zero-order valence-electron chi connectivity index (χ0n) is 8.34. The normalized spacial score (nSPS) is 10.3. The standard InChI is InChI=1S/C11H6Cl2FNO2/c12-6-1-2-8(14)9(5-6)15-11(16)7-3-4-17-10(7)13/h1-5H,(H,15,16). The molecule has 1 aromatic heterocycles. The van der Waals surface area contributed by atoms with Crippen molar-refractivity contribution < 1.29 is 13.6 Å². The fraction of sp³-hybridized carbons (Fsp3) is 0. The Labute approximate surface area is 106 Å². The zero-order valence-corrected chi connectivity index (χ0v) is 9.85. The summed E-state index contributed by atoms with van der Waals surface area (Å²) < 4.78 is 18.1. The lowest BCUT2D eigenvalue weighted by Crippen LogP contribution is -2.12. The van der Waals surface area contributed by atoms with Crippen LogP contribution in [0.25, 0.3) is 0 Å². The van der Waals surface area contributed by atoms with Crippen molar-refractivity contribution in [2.75, 3.05) is 5.32 Å². The van der Waals surface area contributed by atoms with Gasteiger partial charge in [0, 0.05) is 5.02 Å². The van der Waals surface area contributed by atoms with Gasteiger partial charge < -0.3 is 9.73 Å². The molecule has 2 rings (SSSR count). The maximum absolute atomic E-state index is 13.3. The van der Waals surface area contributed by atoms with Crippen molar-refractivity contribution in [3.8, 4) is 0 Å². The van der Waals surface area contributed by atoms with E-state index in [1.165, 1.54) is 24.5 Å². The molecule has 17 heavy (non-hydrogen) atoms. The molecule has 0 atom stereocenters. The second-order valence-corrected chi connectivity index (χ2v) is 3.97. The average molecular weight is 274 g/mol. The van der Waals surface area contributed by atoms with Gasteiger partial charge in [-0.25, -0.2) is 4.39 Å². The van der Waals surface area contributed by atoms with E-state index in [9.17, 15) is 9.18 Å². The molecule has 0 aliphatic rings. The lowest BCUT2D eigenvalue weighted by Gasteiger charge is -2.05. The Kier molecular flexibility index (Phi) is 3.36. The van der Waals surface area contributed by atoms with E-state index in [0.29, 0.717) is 5.02 Å². The molecule has 0 aliphatic heterocycles.